The monoisotopic (exact) mass is 371 g/mol. The number of amides is 1. The summed E-state index contributed by atoms with van der Waals surface area (Å²) >= 11 is 17.2. The molecule has 0 bridgehead atoms. The molecule has 0 saturated heterocycles. The van der Waals surface area contributed by atoms with E-state index in [9.17, 15) is 9.18 Å². The van der Waals surface area contributed by atoms with Gasteiger partial charge in [0.2, 0.25) is 0 Å². The third-order valence-electron chi connectivity index (χ3n) is 2.75. The summed E-state index contributed by atoms with van der Waals surface area (Å²) in [6, 6.07) is 11.8. The highest BCUT2D eigenvalue weighted by molar-refractivity contribution is 7.80. The fraction of sp³-hybridized carbons (Fsp3) is 0.0667. The van der Waals surface area contributed by atoms with Crippen LogP contribution in [-0.4, -0.2) is 17.7 Å². The predicted octanol–water partition coefficient (Wildman–Crippen LogP) is 4.71. The second-order valence-corrected chi connectivity index (χ2v) is 5.63. The highest BCUT2D eigenvalue weighted by atomic mass is 35.5. The molecule has 0 aliphatic heterocycles. The van der Waals surface area contributed by atoms with Gasteiger partial charge < -0.3 is 16.0 Å². The number of rotatable bonds is 4. The fourth-order valence-electron chi connectivity index (χ4n) is 1.72. The van der Waals surface area contributed by atoms with Crippen molar-refractivity contribution in [1.29, 1.82) is 0 Å². The molecule has 0 radical (unpaired) electrons. The number of hydrogen-bond donors (Lipinski definition) is 3. The summed E-state index contributed by atoms with van der Waals surface area (Å²) in [6.07, 6.45) is 0. The summed E-state index contributed by atoms with van der Waals surface area (Å²) in [6.45, 7) is -1.06. The van der Waals surface area contributed by atoms with Crippen LogP contribution < -0.4 is 16.0 Å². The lowest BCUT2D eigenvalue weighted by atomic mass is 10.3. The van der Waals surface area contributed by atoms with Gasteiger partial charge in [0.05, 0.1) is 15.7 Å². The van der Waals surface area contributed by atoms with Gasteiger partial charge in [0, 0.05) is 11.4 Å². The standard InChI is InChI=1S/C15H12Cl2FN3OS/c16-11-2-1-3-12(14(11)17)21-15(23)20-10-6-4-9(5-7-10)19-13(22)8-18/h1-7H,8H2,(H,19,22)(H2,20,21,23). The predicted molar refractivity (Wildman–Crippen MR) is 97.4 cm³/mol. The van der Waals surface area contributed by atoms with Crippen LogP contribution in [0.4, 0.5) is 21.5 Å². The maximum absolute atomic E-state index is 12.1. The van der Waals surface area contributed by atoms with Gasteiger partial charge >= 0.3 is 0 Å². The van der Waals surface area contributed by atoms with Gasteiger partial charge in [0.1, 0.15) is 0 Å². The van der Waals surface area contributed by atoms with Crippen LogP contribution in [0.1, 0.15) is 0 Å². The smallest absolute Gasteiger partial charge is 0.255 e. The molecule has 2 aromatic rings. The molecule has 120 valence electrons. The van der Waals surface area contributed by atoms with Crippen LogP contribution >= 0.6 is 35.4 Å². The second-order valence-electron chi connectivity index (χ2n) is 4.44. The van der Waals surface area contributed by atoms with Crippen molar-refractivity contribution in [2.24, 2.45) is 0 Å². The molecular weight excluding hydrogens is 360 g/mol. The van der Waals surface area contributed by atoms with E-state index < -0.39 is 12.6 Å². The first kappa shape index (κ1) is 17.5. The molecule has 0 saturated carbocycles. The summed E-state index contributed by atoms with van der Waals surface area (Å²) in [5.41, 5.74) is 1.78. The van der Waals surface area contributed by atoms with Crippen LogP contribution in [0.5, 0.6) is 0 Å². The van der Waals surface area contributed by atoms with Gasteiger partial charge in [-0.05, 0) is 48.6 Å². The fourth-order valence-corrected chi connectivity index (χ4v) is 2.29. The van der Waals surface area contributed by atoms with Crippen molar-refractivity contribution in [3.8, 4) is 0 Å². The molecule has 4 nitrogen and oxygen atoms in total. The van der Waals surface area contributed by atoms with E-state index in [1.165, 1.54) is 0 Å². The zero-order valence-corrected chi connectivity index (χ0v) is 14.0. The Bertz CT molecular complexity index is 725. The summed E-state index contributed by atoms with van der Waals surface area (Å²) in [4.78, 5) is 11.0. The second kappa shape index (κ2) is 8.10. The lowest BCUT2D eigenvalue weighted by Crippen LogP contribution is -2.19. The van der Waals surface area contributed by atoms with Crippen molar-refractivity contribution in [3.05, 3.63) is 52.5 Å². The molecule has 0 aromatic heterocycles. The molecule has 8 heteroatoms. The van der Waals surface area contributed by atoms with Crippen LogP contribution in [0.15, 0.2) is 42.5 Å². The minimum absolute atomic E-state index is 0.328. The molecule has 0 aliphatic carbocycles. The number of anilines is 3. The normalized spacial score (nSPS) is 10.0. The molecule has 23 heavy (non-hydrogen) atoms. The van der Waals surface area contributed by atoms with E-state index in [1.807, 2.05) is 0 Å². The number of alkyl halides is 1. The van der Waals surface area contributed by atoms with E-state index in [-0.39, 0.29) is 0 Å². The van der Waals surface area contributed by atoms with Gasteiger partial charge in [-0.1, -0.05) is 29.3 Å². The highest BCUT2D eigenvalue weighted by Gasteiger charge is 2.06. The van der Waals surface area contributed by atoms with Crippen molar-refractivity contribution >= 4 is 63.5 Å². The van der Waals surface area contributed by atoms with E-state index in [0.717, 1.165) is 0 Å². The number of nitrogens with one attached hydrogen (secondary N) is 3. The first-order valence-electron chi connectivity index (χ1n) is 6.47. The van der Waals surface area contributed by atoms with Gasteiger partial charge in [-0.2, -0.15) is 0 Å². The molecule has 0 aliphatic rings. The largest absolute Gasteiger partial charge is 0.332 e. The Kier molecular flexibility index (Phi) is 6.15. The third kappa shape index (κ3) is 5.06. The molecule has 0 atom stereocenters. The van der Waals surface area contributed by atoms with E-state index in [4.69, 9.17) is 35.4 Å². The molecule has 2 aromatic carbocycles. The number of benzene rings is 2. The minimum Gasteiger partial charge on any atom is -0.332 e. The lowest BCUT2D eigenvalue weighted by molar-refractivity contribution is -0.117. The van der Waals surface area contributed by atoms with Gasteiger partial charge in [0.25, 0.3) is 5.91 Å². The number of carbonyl (C=O) groups excluding carboxylic acids is 1. The number of carbonyl (C=O) groups is 1. The Morgan fingerprint density at radius 2 is 1.61 bits per heavy atom. The molecule has 0 unspecified atom stereocenters. The molecule has 2 rings (SSSR count). The molecule has 0 heterocycles. The maximum atomic E-state index is 12.1. The third-order valence-corrected chi connectivity index (χ3v) is 3.77. The van der Waals surface area contributed by atoms with E-state index in [0.29, 0.717) is 32.2 Å². The Morgan fingerprint density at radius 3 is 2.22 bits per heavy atom. The molecule has 1 amide bonds. The first-order valence-corrected chi connectivity index (χ1v) is 7.64. The van der Waals surface area contributed by atoms with Crippen LogP contribution in [0.2, 0.25) is 10.0 Å². The van der Waals surface area contributed by atoms with Gasteiger partial charge in [0.15, 0.2) is 11.8 Å². The van der Waals surface area contributed by atoms with Gasteiger partial charge in [-0.3, -0.25) is 4.79 Å². The van der Waals surface area contributed by atoms with Crippen LogP contribution in [-0.2, 0) is 4.79 Å². The van der Waals surface area contributed by atoms with E-state index in [2.05, 4.69) is 16.0 Å². The van der Waals surface area contributed by atoms with Crippen molar-refractivity contribution < 1.29 is 9.18 Å². The molecule has 0 spiro atoms. The quantitative estimate of drug-likeness (QED) is 0.681. The van der Waals surface area contributed by atoms with Crippen molar-refractivity contribution in [3.63, 3.8) is 0 Å². The minimum atomic E-state index is -1.06. The topological polar surface area (TPSA) is 53.2 Å². The van der Waals surface area contributed by atoms with Crippen LogP contribution in [0.3, 0.4) is 0 Å². The summed E-state index contributed by atoms with van der Waals surface area (Å²) < 4.78 is 12.1. The van der Waals surface area contributed by atoms with Crippen LogP contribution in [0.25, 0.3) is 0 Å². The molecular formula is C15H12Cl2FN3OS. The van der Waals surface area contributed by atoms with E-state index >= 15 is 0 Å². The number of hydrogen-bond acceptors (Lipinski definition) is 2. The zero-order valence-electron chi connectivity index (χ0n) is 11.7. The van der Waals surface area contributed by atoms with E-state index in [1.54, 1.807) is 42.5 Å². The van der Waals surface area contributed by atoms with Crippen LogP contribution in [0, 0.1) is 0 Å². The highest BCUT2D eigenvalue weighted by Crippen LogP contribution is 2.29. The summed E-state index contributed by atoms with van der Waals surface area (Å²) in [7, 11) is 0. The summed E-state index contributed by atoms with van der Waals surface area (Å²) in [5.74, 6) is -0.696. The lowest BCUT2D eigenvalue weighted by Gasteiger charge is -2.12. The summed E-state index contributed by atoms with van der Waals surface area (Å²) in [5, 5.41) is 9.44. The van der Waals surface area contributed by atoms with Gasteiger partial charge in [-0.25, -0.2) is 4.39 Å². The van der Waals surface area contributed by atoms with Crippen molar-refractivity contribution in [2.45, 2.75) is 0 Å². The zero-order chi connectivity index (χ0) is 16.8. The van der Waals surface area contributed by atoms with Gasteiger partial charge in [-0.15, -0.1) is 0 Å². The number of halogens is 3. The SMILES string of the molecule is O=C(CF)Nc1ccc(NC(=S)Nc2cccc(Cl)c2Cl)cc1. The van der Waals surface area contributed by atoms with Crippen molar-refractivity contribution in [1.82, 2.24) is 0 Å². The Morgan fingerprint density at radius 1 is 1.00 bits per heavy atom. The average molecular weight is 372 g/mol. The Hall–Kier alpha value is -1.89. The average Bonchev–Trinajstić information content (AvgIpc) is 2.53. The number of thiocarbonyl (C=S) groups is 1. The Balaban J connectivity index is 1.97. The first-order chi connectivity index (χ1) is 11.0. The maximum Gasteiger partial charge on any atom is 0.255 e. The molecule has 3 N–H and O–H groups in total. The van der Waals surface area contributed by atoms with Crippen molar-refractivity contribution in [2.75, 3.05) is 22.6 Å². The Labute approximate surface area is 148 Å². The molecule has 0 fully saturated rings.